The zero-order valence-corrected chi connectivity index (χ0v) is 12.7. The Hall–Kier alpha value is -1.46. The van der Waals surface area contributed by atoms with E-state index in [1.807, 2.05) is 30.8 Å². The number of aromatic hydroxyl groups is 1. The van der Waals surface area contributed by atoms with E-state index >= 15 is 0 Å². The van der Waals surface area contributed by atoms with E-state index in [0.717, 1.165) is 28.4 Å². The van der Waals surface area contributed by atoms with Crippen molar-refractivity contribution in [2.24, 2.45) is 0 Å². The molecular formula is C15H15NO2S2. The number of rotatable bonds is 2. The van der Waals surface area contributed by atoms with E-state index in [0.29, 0.717) is 5.69 Å². The molecule has 20 heavy (non-hydrogen) atoms. The van der Waals surface area contributed by atoms with Crippen molar-refractivity contribution in [2.45, 2.75) is 19.1 Å². The van der Waals surface area contributed by atoms with Crippen molar-refractivity contribution < 1.29 is 9.90 Å². The summed E-state index contributed by atoms with van der Waals surface area (Å²) in [5.41, 5.74) is 2.70. The van der Waals surface area contributed by atoms with Crippen LogP contribution in [0, 0.1) is 6.92 Å². The number of fused-ring (bicyclic) bond motifs is 1. The fourth-order valence-corrected chi connectivity index (χ4v) is 4.46. The lowest BCUT2D eigenvalue weighted by Gasteiger charge is -2.08. The van der Waals surface area contributed by atoms with Crippen LogP contribution < -0.4 is 5.32 Å². The van der Waals surface area contributed by atoms with Gasteiger partial charge < -0.3 is 10.4 Å². The van der Waals surface area contributed by atoms with Crippen LogP contribution in [0.15, 0.2) is 24.3 Å². The second-order valence-corrected chi connectivity index (χ2v) is 7.08. The Kier molecular flexibility index (Phi) is 3.72. The lowest BCUT2D eigenvalue weighted by molar-refractivity contribution is 0.103. The highest BCUT2D eigenvalue weighted by Crippen LogP contribution is 2.32. The number of aryl methyl sites for hydroxylation is 2. The van der Waals surface area contributed by atoms with Crippen LogP contribution >= 0.6 is 23.1 Å². The molecule has 0 aliphatic carbocycles. The smallest absolute Gasteiger partial charge is 0.265 e. The average molecular weight is 305 g/mol. The standard InChI is InChI=1S/C15H15NO2S2/c1-9-2-3-11(12(17)6-9)16-15(18)14-7-10-8-19-5-4-13(10)20-14/h2-3,6-7,17H,4-5,8H2,1H3,(H,16,18). The number of benzene rings is 1. The first-order valence-corrected chi connectivity index (χ1v) is 8.41. The SMILES string of the molecule is Cc1ccc(NC(=O)c2cc3c(s2)CCSC3)c(O)c1. The lowest BCUT2D eigenvalue weighted by Crippen LogP contribution is -2.10. The van der Waals surface area contributed by atoms with Crippen LogP contribution in [-0.2, 0) is 12.2 Å². The number of hydrogen-bond acceptors (Lipinski definition) is 4. The molecule has 0 atom stereocenters. The summed E-state index contributed by atoms with van der Waals surface area (Å²) in [4.78, 5) is 14.3. The Morgan fingerprint density at radius 3 is 2.95 bits per heavy atom. The van der Waals surface area contributed by atoms with Gasteiger partial charge in [-0.2, -0.15) is 11.8 Å². The van der Waals surface area contributed by atoms with Crippen molar-refractivity contribution in [1.82, 2.24) is 0 Å². The fraction of sp³-hybridized carbons (Fsp3) is 0.267. The predicted molar refractivity (Wildman–Crippen MR) is 85.0 cm³/mol. The van der Waals surface area contributed by atoms with E-state index in [9.17, 15) is 9.90 Å². The van der Waals surface area contributed by atoms with Gasteiger partial charge in [0, 0.05) is 10.6 Å². The average Bonchev–Trinajstić information content (AvgIpc) is 2.86. The van der Waals surface area contributed by atoms with Crippen LogP contribution in [0.1, 0.15) is 25.7 Å². The van der Waals surface area contributed by atoms with Crippen molar-refractivity contribution >= 4 is 34.7 Å². The number of thiophene rings is 1. The lowest BCUT2D eigenvalue weighted by atomic mass is 10.2. The Balaban J connectivity index is 1.80. The zero-order valence-electron chi connectivity index (χ0n) is 11.1. The summed E-state index contributed by atoms with van der Waals surface area (Å²) >= 11 is 3.47. The summed E-state index contributed by atoms with van der Waals surface area (Å²) in [6.45, 7) is 1.90. The predicted octanol–water partition coefficient (Wildman–Crippen LogP) is 3.80. The molecule has 0 unspecified atom stereocenters. The first-order valence-electron chi connectivity index (χ1n) is 6.44. The van der Waals surface area contributed by atoms with Gasteiger partial charge in [-0.1, -0.05) is 6.07 Å². The number of phenolic OH excluding ortho intramolecular Hbond substituents is 1. The maximum Gasteiger partial charge on any atom is 0.265 e. The Labute approximate surface area is 126 Å². The molecule has 1 amide bonds. The van der Waals surface area contributed by atoms with Gasteiger partial charge in [-0.15, -0.1) is 11.3 Å². The Morgan fingerprint density at radius 2 is 2.20 bits per heavy atom. The van der Waals surface area contributed by atoms with Gasteiger partial charge in [-0.05, 0) is 48.4 Å². The highest BCUT2D eigenvalue weighted by Gasteiger charge is 2.18. The first-order chi connectivity index (χ1) is 9.63. The van der Waals surface area contributed by atoms with Crippen LogP contribution in [0.3, 0.4) is 0 Å². The zero-order chi connectivity index (χ0) is 14.1. The number of carbonyl (C=O) groups excluding carboxylic acids is 1. The van der Waals surface area contributed by atoms with Gasteiger partial charge in [0.25, 0.3) is 5.91 Å². The summed E-state index contributed by atoms with van der Waals surface area (Å²) in [5.74, 6) is 2.09. The second-order valence-electron chi connectivity index (χ2n) is 4.84. The van der Waals surface area contributed by atoms with Crippen molar-refractivity contribution in [1.29, 1.82) is 0 Å². The molecule has 0 bridgehead atoms. The molecule has 2 aromatic rings. The fourth-order valence-electron chi connectivity index (χ4n) is 2.19. The molecule has 2 N–H and O–H groups in total. The molecule has 0 saturated carbocycles. The molecular weight excluding hydrogens is 290 g/mol. The van der Waals surface area contributed by atoms with Crippen molar-refractivity contribution in [2.75, 3.05) is 11.1 Å². The number of phenols is 1. The van der Waals surface area contributed by atoms with Crippen LogP contribution in [-0.4, -0.2) is 16.8 Å². The molecule has 1 aromatic heterocycles. The normalized spacial score (nSPS) is 13.8. The molecule has 0 fully saturated rings. The molecule has 1 aliphatic rings. The summed E-state index contributed by atoms with van der Waals surface area (Å²) in [7, 11) is 0. The van der Waals surface area contributed by atoms with E-state index in [-0.39, 0.29) is 11.7 Å². The Bertz CT molecular complexity index is 640. The van der Waals surface area contributed by atoms with E-state index in [2.05, 4.69) is 5.32 Å². The monoisotopic (exact) mass is 305 g/mol. The van der Waals surface area contributed by atoms with E-state index in [1.165, 1.54) is 10.4 Å². The van der Waals surface area contributed by atoms with Gasteiger partial charge >= 0.3 is 0 Å². The molecule has 0 spiro atoms. The summed E-state index contributed by atoms with van der Waals surface area (Å²) in [6, 6.07) is 7.22. The molecule has 2 heterocycles. The van der Waals surface area contributed by atoms with Crippen LogP contribution in [0.5, 0.6) is 5.75 Å². The van der Waals surface area contributed by atoms with Gasteiger partial charge in [-0.3, -0.25) is 4.79 Å². The largest absolute Gasteiger partial charge is 0.506 e. The van der Waals surface area contributed by atoms with Crippen LogP contribution in [0.25, 0.3) is 0 Å². The minimum absolute atomic E-state index is 0.107. The van der Waals surface area contributed by atoms with Gasteiger partial charge in [0.15, 0.2) is 0 Å². The van der Waals surface area contributed by atoms with Crippen molar-refractivity contribution in [3.05, 3.63) is 45.1 Å². The van der Waals surface area contributed by atoms with Gasteiger partial charge in [0.05, 0.1) is 10.6 Å². The molecule has 1 aromatic carbocycles. The highest BCUT2D eigenvalue weighted by atomic mass is 32.2. The quantitative estimate of drug-likeness (QED) is 0.830. The second kappa shape index (κ2) is 5.50. The third-order valence-electron chi connectivity index (χ3n) is 3.25. The topological polar surface area (TPSA) is 49.3 Å². The Morgan fingerprint density at radius 1 is 1.35 bits per heavy atom. The number of amides is 1. The third-order valence-corrected chi connectivity index (χ3v) is 5.50. The maximum absolute atomic E-state index is 12.3. The number of hydrogen-bond donors (Lipinski definition) is 2. The maximum atomic E-state index is 12.3. The van der Waals surface area contributed by atoms with Gasteiger partial charge in [-0.25, -0.2) is 0 Å². The van der Waals surface area contributed by atoms with Crippen LogP contribution in [0.4, 0.5) is 5.69 Å². The minimum atomic E-state index is -0.145. The number of anilines is 1. The highest BCUT2D eigenvalue weighted by molar-refractivity contribution is 7.98. The number of nitrogens with one attached hydrogen (secondary N) is 1. The first kappa shape index (κ1) is 13.5. The van der Waals surface area contributed by atoms with Crippen molar-refractivity contribution in [3.63, 3.8) is 0 Å². The molecule has 3 rings (SSSR count). The van der Waals surface area contributed by atoms with Crippen molar-refractivity contribution in [3.8, 4) is 5.75 Å². The third kappa shape index (κ3) is 2.69. The molecule has 0 radical (unpaired) electrons. The number of thioether (sulfide) groups is 1. The van der Waals surface area contributed by atoms with E-state index in [4.69, 9.17) is 0 Å². The summed E-state index contributed by atoms with van der Waals surface area (Å²) < 4.78 is 0. The summed E-state index contributed by atoms with van der Waals surface area (Å²) in [5, 5.41) is 12.6. The molecule has 104 valence electrons. The summed E-state index contributed by atoms with van der Waals surface area (Å²) in [6.07, 6.45) is 1.05. The molecule has 1 aliphatic heterocycles. The minimum Gasteiger partial charge on any atom is -0.506 e. The van der Waals surface area contributed by atoms with Gasteiger partial charge in [0.1, 0.15) is 5.75 Å². The molecule has 0 saturated heterocycles. The molecule has 3 nitrogen and oxygen atoms in total. The van der Waals surface area contributed by atoms with E-state index < -0.39 is 0 Å². The van der Waals surface area contributed by atoms with Gasteiger partial charge in [0.2, 0.25) is 0 Å². The number of carbonyl (C=O) groups is 1. The van der Waals surface area contributed by atoms with E-state index in [1.54, 1.807) is 23.5 Å². The van der Waals surface area contributed by atoms with Crippen LogP contribution in [0.2, 0.25) is 0 Å². The molecule has 5 heteroatoms.